The number of carbonyl (C=O) groups excluding carboxylic acids is 2. The summed E-state index contributed by atoms with van der Waals surface area (Å²) in [6, 6.07) is 27.7. The van der Waals surface area contributed by atoms with Gasteiger partial charge in [0.25, 0.3) is 0 Å². The van der Waals surface area contributed by atoms with Crippen LogP contribution in [0.1, 0.15) is 24.0 Å². The number of nitrogens with one attached hydrogen (secondary N) is 1. The number of para-hydroxylation sites is 1. The normalized spacial score (nSPS) is 21.8. The first-order chi connectivity index (χ1) is 19.5. The van der Waals surface area contributed by atoms with Crippen LogP contribution in [-0.2, 0) is 22.6 Å². The number of hydroxylamine groups is 1. The van der Waals surface area contributed by atoms with Crippen LogP contribution in [0.4, 0.5) is 0 Å². The number of hydrogen-bond acceptors (Lipinski definition) is 6. The van der Waals surface area contributed by atoms with Crippen molar-refractivity contribution in [2.45, 2.75) is 32.0 Å². The van der Waals surface area contributed by atoms with Crippen molar-refractivity contribution < 1.29 is 24.6 Å². The van der Waals surface area contributed by atoms with Crippen molar-refractivity contribution >= 4 is 22.7 Å². The second-order valence-corrected chi connectivity index (χ2v) is 10.7. The molecule has 3 N–H and O–H groups in total. The lowest BCUT2D eigenvalue weighted by molar-refractivity contribution is -0.140. The first kappa shape index (κ1) is 26.0. The fourth-order valence-corrected chi connectivity index (χ4v) is 5.83. The number of pyridine rings is 1. The van der Waals surface area contributed by atoms with Crippen LogP contribution in [0.2, 0.25) is 0 Å². The summed E-state index contributed by atoms with van der Waals surface area (Å²) in [5.74, 6) is -0.601. The number of carbonyl (C=O) groups is 2. The van der Waals surface area contributed by atoms with E-state index < -0.39 is 23.3 Å². The van der Waals surface area contributed by atoms with Gasteiger partial charge in [0.2, 0.25) is 11.8 Å². The Bertz CT molecular complexity index is 1540. The van der Waals surface area contributed by atoms with Gasteiger partial charge in [-0.05, 0) is 49.1 Å². The number of fused-ring (bicyclic) bond motifs is 1. The van der Waals surface area contributed by atoms with Gasteiger partial charge in [0, 0.05) is 29.6 Å². The molecule has 2 heterocycles. The number of aliphatic hydroxyl groups excluding tert-OH is 1. The molecule has 0 spiro atoms. The molecule has 2 fully saturated rings. The molecular weight excluding hydrogens is 506 g/mol. The van der Waals surface area contributed by atoms with Crippen LogP contribution >= 0.6 is 0 Å². The summed E-state index contributed by atoms with van der Waals surface area (Å²) >= 11 is 0. The van der Waals surface area contributed by atoms with Crippen LogP contribution in [0, 0.1) is 11.3 Å². The Morgan fingerprint density at radius 3 is 2.50 bits per heavy atom. The number of aliphatic hydroxyl groups is 1. The van der Waals surface area contributed by atoms with Crippen LogP contribution in [0.25, 0.3) is 22.2 Å². The summed E-state index contributed by atoms with van der Waals surface area (Å²) in [6.45, 7) is 1.11. The molecule has 0 bridgehead atoms. The van der Waals surface area contributed by atoms with Gasteiger partial charge in [0.15, 0.2) is 0 Å². The van der Waals surface area contributed by atoms with Gasteiger partial charge in [-0.1, -0.05) is 60.7 Å². The number of rotatable bonds is 8. The molecule has 6 rings (SSSR count). The molecule has 3 atom stereocenters. The average molecular weight is 538 g/mol. The van der Waals surface area contributed by atoms with Crippen molar-refractivity contribution in [1.29, 1.82) is 0 Å². The topological polar surface area (TPSA) is 112 Å². The monoisotopic (exact) mass is 537 g/mol. The van der Waals surface area contributed by atoms with Gasteiger partial charge in [0.1, 0.15) is 12.4 Å². The van der Waals surface area contributed by atoms with Gasteiger partial charge in [-0.15, -0.1) is 0 Å². The second kappa shape index (κ2) is 10.7. The molecule has 1 saturated carbocycles. The van der Waals surface area contributed by atoms with Gasteiger partial charge in [-0.2, -0.15) is 0 Å². The fourth-order valence-electron chi connectivity index (χ4n) is 5.83. The molecule has 40 heavy (non-hydrogen) atoms. The second-order valence-electron chi connectivity index (χ2n) is 10.7. The third-order valence-corrected chi connectivity index (χ3v) is 8.09. The van der Waals surface area contributed by atoms with Crippen LogP contribution in [0.3, 0.4) is 0 Å². The lowest BCUT2D eigenvalue weighted by atomic mass is 9.92. The molecule has 1 aromatic heterocycles. The van der Waals surface area contributed by atoms with E-state index in [0.717, 1.165) is 33.3 Å². The Morgan fingerprint density at radius 2 is 1.77 bits per heavy atom. The van der Waals surface area contributed by atoms with Crippen molar-refractivity contribution in [3.05, 3.63) is 96.1 Å². The highest BCUT2D eigenvalue weighted by atomic mass is 16.5. The Morgan fingerprint density at radius 1 is 1.02 bits per heavy atom. The first-order valence-electron chi connectivity index (χ1n) is 13.5. The maximum absolute atomic E-state index is 13.4. The zero-order valence-corrected chi connectivity index (χ0v) is 22.0. The zero-order chi connectivity index (χ0) is 27.7. The average Bonchev–Trinajstić information content (AvgIpc) is 3.56. The zero-order valence-electron chi connectivity index (χ0n) is 22.0. The van der Waals surface area contributed by atoms with Crippen molar-refractivity contribution in [2.24, 2.45) is 11.3 Å². The number of β-amino-alcohol motifs (C(OH)–C–C–N with tert-alkyl or cyclic N) is 1. The minimum Gasteiger partial charge on any atom is -0.489 e. The van der Waals surface area contributed by atoms with E-state index in [0.29, 0.717) is 38.2 Å². The van der Waals surface area contributed by atoms with Crippen LogP contribution in [0.5, 0.6) is 5.75 Å². The Labute approximate surface area is 232 Å². The number of benzene rings is 3. The van der Waals surface area contributed by atoms with Crippen molar-refractivity contribution in [3.8, 4) is 17.0 Å². The van der Waals surface area contributed by atoms with Gasteiger partial charge >= 0.3 is 0 Å². The van der Waals surface area contributed by atoms with Crippen LogP contribution in [0.15, 0.2) is 84.9 Å². The number of hydrogen-bond donors (Lipinski definition) is 3. The molecule has 1 aliphatic heterocycles. The van der Waals surface area contributed by atoms with E-state index >= 15 is 0 Å². The minimum absolute atomic E-state index is 0.142. The van der Waals surface area contributed by atoms with Gasteiger partial charge in [0.05, 0.1) is 28.6 Å². The summed E-state index contributed by atoms with van der Waals surface area (Å²) < 4.78 is 6.18. The van der Waals surface area contributed by atoms with Crippen LogP contribution < -0.4 is 10.2 Å². The number of aromatic nitrogens is 1. The Kier molecular flexibility index (Phi) is 6.96. The lowest BCUT2D eigenvalue weighted by Crippen LogP contribution is -2.40. The largest absolute Gasteiger partial charge is 0.489 e. The van der Waals surface area contributed by atoms with E-state index in [-0.39, 0.29) is 12.5 Å². The minimum atomic E-state index is -0.914. The molecule has 8 heteroatoms. The van der Waals surface area contributed by atoms with Crippen molar-refractivity contribution in [3.63, 3.8) is 0 Å². The van der Waals surface area contributed by atoms with E-state index in [2.05, 4.69) is 6.07 Å². The Hall–Kier alpha value is -4.27. The molecule has 0 radical (unpaired) electrons. The third-order valence-electron chi connectivity index (χ3n) is 8.09. The predicted molar refractivity (Wildman–Crippen MR) is 149 cm³/mol. The molecule has 204 valence electrons. The smallest absolute Gasteiger partial charge is 0.247 e. The summed E-state index contributed by atoms with van der Waals surface area (Å²) in [5.41, 5.74) is 5.56. The van der Waals surface area contributed by atoms with E-state index in [1.807, 2.05) is 78.9 Å². The highest BCUT2D eigenvalue weighted by Gasteiger charge is 2.64. The molecule has 3 unspecified atom stereocenters. The fraction of sp³-hybridized carbons (Fsp3) is 0.281. The molecule has 2 amide bonds. The quantitative estimate of drug-likeness (QED) is 0.230. The van der Waals surface area contributed by atoms with E-state index in [1.54, 1.807) is 10.4 Å². The molecule has 1 saturated heterocycles. The molecule has 8 nitrogen and oxygen atoms in total. The van der Waals surface area contributed by atoms with Crippen LogP contribution in [-0.4, -0.2) is 51.2 Å². The predicted octanol–water partition coefficient (Wildman–Crippen LogP) is 4.13. The summed E-state index contributed by atoms with van der Waals surface area (Å²) in [4.78, 5) is 32.1. The first-order valence-corrected chi connectivity index (χ1v) is 13.5. The summed E-state index contributed by atoms with van der Waals surface area (Å²) in [7, 11) is 0. The third kappa shape index (κ3) is 5.03. The molecular formula is C32H31N3O5. The summed E-state index contributed by atoms with van der Waals surface area (Å²) in [6.07, 6.45) is 0.723. The SMILES string of the molecule is O=C(NO)C1CC1(Cc1ccc(OCc2cc(-c3ccccc3)nc3ccccc23)cc1)C(=O)N1CCC(O)C1. The highest BCUT2D eigenvalue weighted by Crippen LogP contribution is 2.56. The van der Waals surface area contributed by atoms with Gasteiger partial charge in [-0.3, -0.25) is 14.8 Å². The highest BCUT2D eigenvalue weighted by molar-refractivity contribution is 5.96. The number of ether oxygens (including phenoxy) is 1. The lowest BCUT2D eigenvalue weighted by Gasteiger charge is -2.24. The van der Waals surface area contributed by atoms with Gasteiger partial charge in [-0.25, -0.2) is 10.5 Å². The maximum Gasteiger partial charge on any atom is 0.247 e. The number of amides is 2. The van der Waals surface area contributed by atoms with E-state index in [9.17, 15) is 19.9 Å². The van der Waals surface area contributed by atoms with E-state index in [1.165, 1.54) is 0 Å². The summed E-state index contributed by atoms with van der Waals surface area (Å²) in [5, 5.41) is 20.1. The standard InChI is InChI=1S/C32H31N3O5/c36-24-14-15-35(19-24)31(38)32(18-27(32)30(37)34-39)17-21-10-12-25(13-11-21)40-20-23-16-29(22-6-2-1-3-7-22)33-28-9-5-4-8-26(23)28/h1-13,16,24,27,36,39H,14-15,17-20H2,(H,34,37). The van der Waals surface area contributed by atoms with Gasteiger partial charge < -0.3 is 14.7 Å². The number of nitrogens with zero attached hydrogens (tertiary/aromatic N) is 2. The van der Waals surface area contributed by atoms with Crippen molar-refractivity contribution in [1.82, 2.24) is 15.4 Å². The Balaban J connectivity index is 1.18. The molecule has 4 aromatic rings. The van der Waals surface area contributed by atoms with E-state index in [4.69, 9.17) is 9.72 Å². The maximum atomic E-state index is 13.4. The molecule has 1 aliphatic carbocycles. The molecule has 3 aromatic carbocycles. The van der Waals surface area contributed by atoms with Crippen molar-refractivity contribution in [2.75, 3.05) is 13.1 Å². The number of likely N-dealkylation sites (tertiary alicyclic amines) is 1. The molecule has 2 aliphatic rings.